The van der Waals surface area contributed by atoms with Gasteiger partial charge in [0.1, 0.15) is 5.78 Å². The van der Waals surface area contributed by atoms with Gasteiger partial charge in [0.2, 0.25) is 0 Å². The van der Waals surface area contributed by atoms with Gasteiger partial charge in [-0.2, -0.15) is 0 Å². The molecule has 2 aliphatic rings. The van der Waals surface area contributed by atoms with Crippen LogP contribution >= 0.6 is 31.9 Å². The number of hydrogen-bond acceptors (Lipinski definition) is 2. The van der Waals surface area contributed by atoms with Crippen LogP contribution in [-0.4, -0.2) is 26.1 Å². The SMILES string of the molecule is [C-]#[N+]c1ccc2c(c1)c(Br)cn2C1CCC(=O)CC1.[C-]#[N+]c1ccc2c(c1)c(Br)cn2C1CCC(O)CC1. The Bertz CT molecular complexity index is 1570. The molecule has 1 N–H and O–H groups in total. The number of rotatable bonds is 2. The molecule has 0 saturated heterocycles. The molecule has 2 aromatic heterocycles. The predicted octanol–water partition coefficient (Wildman–Crippen LogP) is 9.07. The van der Waals surface area contributed by atoms with E-state index in [0.29, 0.717) is 42.1 Å². The van der Waals surface area contributed by atoms with E-state index in [4.69, 9.17) is 13.1 Å². The summed E-state index contributed by atoms with van der Waals surface area (Å²) in [5.74, 6) is 0.377. The minimum atomic E-state index is -0.129. The number of carbonyl (C=O) groups excluding carboxylic acids is 1. The number of nitrogens with zero attached hydrogens (tertiary/aromatic N) is 4. The smallest absolute Gasteiger partial charge is 0.188 e. The van der Waals surface area contributed by atoms with Gasteiger partial charge in [-0.1, -0.05) is 12.1 Å². The van der Waals surface area contributed by atoms with Crippen LogP contribution in [0, 0.1) is 13.1 Å². The van der Waals surface area contributed by atoms with Crippen molar-refractivity contribution in [3.05, 3.63) is 80.6 Å². The van der Waals surface area contributed by atoms with Crippen LogP contribution in [0.5, 0.6) is 0 Å². The molecule has 6 nitrogen and oxygen atoms in total. The van der Waals surface area contributed by atoms with Gasteiger partial charge in [0.05, 0.1) is 19.2 Å². The Morgan fingerprint density at radius 3 is 1.63 bits per heavy atom. The molecule has 0 atom stereocenters. The van der Waals surface area contributed by atoms with Crippen molar-refractivity contribution in [2.75, 3.05) is 0 Å². The monoisotopic (exact) mass is 634 g/mol. The number of carbonyl (C=O) groups is 1. The van der Waals surface area contributed by atoms with Crippen LogP contribution in [0.1, 0.15) is 63.5 Å². The van der Waals surface area contributed by atoms with Gasteiger partial charge in [-0.15, -0.1) is 0 Å². The van der Waals surface area contributed by atoms with E-state index in [0.717, 1.165) is 63.8 Å². The van der Waals surface area contributed by atoms with Crippen molar-refractivity contribution < 1.29 is 9.90 Å². The van der Waals surface area contributed by atoms with Gasteiger partial charge in [-0.05, 0) is 94.7 Å². The van der Waals surface area contributed by atoms with Gasteiger partial charge in [-0.25, -0.2) is 9.69 Å². The fourth-order valence-corrected chi connectivity index (χ4v) is 6.76. The molecule has 0 bridgehead atoms. The predicted molar refractivity (Wildman–Crippen MR) is 158 cm³/mol. The van der Waals surface area contributed by atoms with Crippen LogP contribution in [0.3, 0.4) is 0 Å². The quantitative estimate of drug-likeness (QED) is 0.223. The Morgan fingerprint density at radius 1 is 0.737 bits per heavy atom. The second-order valence-electron chi connectivity index (χ2n) is 10.1. The summed E-state index contributed by atoms with van der Waals surface area (Å²) in [6.07, 6.45) is 11.0. The highest BCUT2D eigenvalue weighted by Gasteiger charge is 2.23. The lowest BCUT2D eigenvalue weighted by Gasteiger charge is -2.27. The molecule has 4 aromatic rings. The summed E-state index contributed by atoms with van der Waals surface area (Å²) in [4.78, 5) is 18.3. The van der Waals surface area contributed by atoms with Crippen molar-refractivity contribution in [3.8, 4) is 0 Å². The molecule has 0 aliphatic heterocycles. The van der Waals surface area contributed by atoms with Gasteiger partial charge < -0.3 is 14.2 Å². The molecule has 2 fully saturated rings. The number of ketones is 1. The van der Waals surface area contributed by atoms with E-state index in [9.17, 15) is 9.90 Å². The third-order valence-electron chi connectivity index (χ3n) is 7.76. The first kappa shape index (κ1) is 26.7. The fourth-order valence-electron chi connectivity index (χ4n) is 5.69. The third kappa shape index (κ3) is 5.45. The summed E-state index contributed by atoms with van der Waals surface area (Å²) in [6, 6.07) is 12.4. The molecule has 38 heavy (non-hydrogen) atoms. The van der Waals surface area contributed by atoms with Crippen molar-refractivity contribution in [1.82, 2.24) is 9.13 Å². The topological polar surface area (TPSA) is 55.9 Å². The standard InChI is InChI=1S/C15H15BrN2O.C15H13BrN2O/c2*1-17-10-2-7-15-13(8-10)14(16)9-18(15)11-3-5-12(19)6-4-11/h2,7-9,11-12,19H,3-6H2;2,7-9,11H,3-6H2. The van der Waals surface area contributed by atoms with Gasteiger partial charge in [-0.3, -0.25) is 4.79 Å². The number of hydrogen-bond donors (Lipinski definition) is 1. The van der Waals surface area contributed by atoms with Gasteiger partial charge >= 0.3 is 0 Å². The lowest BCUT2D eigenvalue weighted by Crippen LogP contribution is -2.20. The van der Waals surface area contributed by atoms with Crippen LogP contribution in [-0.2, 0) is 4.79 Å². The van der Waals surface area contributed by atoms with Crippen molar-refractivity contribution in [3.63, 3.8) is 0 Å². The highest BCUT2D eigenvalue weighted by molar-refractivity contribution is 9.11. The number of Topliss-reactive ketones (excluding diaryl/α,β-unsaturated/α-hetero) is 1. The molecule has 0 amide bonds. The van der Waals surface area contributed by atoms with Crippen molar-refractivity contribution in [2.45, 2.75) is 69.6 Å². The van der Waals surface area contributed by atoms with E-state index in [1.54, 1.807) is 0 Å². The molecule has 0 radical (unpaired) electrons. The molecular weight excluding hydrogens is 608 g/mol. The second-order valence-corrected chi connectivity index (χ2v) is 11.8. The maximum atomic E-state index is 11.3. The molecule has 2 heterocycles. The highest BCUT2D eigenvalue weighted by Crippen LogP contribution is 2.37. The number of aliphatic hydroxyl groups is 1. The van der Waals surface area contributed by atoms with Crippen LogP contribution in [0.25, 0.3) is 31.5 Å². The lowest BCUT2D eigenvalue weighted by molar-refractivity contribution is -0.120. The number of fused-ring (bicyclic) bond motifs is 2. The van der Waals surface area contributed by atoms with E-state index in [1.807, 2.05) is 36.4 Å². The first-order valence-electron chi connectivity index (χ1n) is 12.9. The summed E-state index contributed by atoms with van der Waals surface area (Å²) in [5.41, 5.74) is 3.63. The first-order valence-corrected chi connectivity index (χ1v) is 14.5. The molecular formula is C30H28Br2N4O2. The van der Waals surface area contributed by atoms with Crippen LogP contribution in [0.4, 0.5) is 11.4 Å². The number of aromatic nitrogens is 2. The zero-order valence-electron chi connectivity index (χ0n) is 20.9. The lowest BCUT2D eigenvalue weighted by atomic mass is 9.93. The Labute approximate surface area is 239 Å². The van der Waals surface area contributed by atoms with Gasteiger partial charge in [0, 0.05) is 68.1 Å². The average molecular weight is 636 g/mol. The van der Waals surface area contributed by atoms with E-state index in [-0.39, 0.29) is 6.10 Å². The zero-order chi connectivity index (χ0) is 26.8. The van der Waals surface area contributed by atoms with E-state index in [1.165, 1.54) is 5.52 Å². The molecule has 194 valence electrons. The molecule has 0 spiro atoms. The van der Waals surface area contributed by atoms with Crippen LogP contribution in [0.15, 0.2) is 57.7 Å². The van der Waals surface area contributed by atoms with E-state index < -0.39 is 0 Å². The number of halogens is 2. The second kappa shape index (κ2) is 11.5. The largest absolute Gasteiger partial charge is 0.393 e. The third-order valence-corrected chi connectivity index (χ3v) is 9.02. The number of aliphatic hydroxyl groups excluding tert-OH is 1. The zero-order valence-corrected chi connectivity index (χ0v) is 24.1. The summed E-state index contributed by atoms with van der Waals surface area (Å²) < 4.78 is 6.60. The average Bonchev–Trinajstić information content (AvgIpc) is 3.45. The fraction of sp³-hybridized carbons (Fsp3) is 0.367. The molecule has 8 heteroatoms. The Balaban J connectivity index is 0.000000155. The molecule has 2 saturated carbocycles. The molecule has 0 unspecified atom stereocenters. The summed E-state index contributed by atoms with van der Waals surface area (Å²) in [7, 11) is 0. The van der Waals surface area contributed by atoms with Crippen LogP contribution < -0.4 is 0 Å². The van der Waals surface area contributed by atoms with Gasteiger partial charge in [0.25, 0.3) is 0 Å². The normalized spacial score (nSPS) is 20.1. The van der Waals surface area contributed by atoms with Crippen molar-refractivity contribution in [2.24, 2.45) is 0 Å². The maximum absolute atomic E-state index is 11.3. The minimum absolute atomic E-state index is 0.129. The Morgan fingerprint density at radius 2 is 1.18 bits per heavy atom. The van der Waals surface area contributed by atoms with E-state index in [2.05, 4.69) is 63.1 Å². The minimum Gasteiger partial charge on any atom is -0.393 e. The van der Waals surface area contributed by atoms with E-state index >= 15 is 0 Å². The van der Waals surface area contributed by atoms with Gasteiger partial charge in [0.15, 0.2) is 11.4 Å². The summed E-state index contributed by atoms with van der Waals surface area (Å²) in [6.45, 7) is 14.2. The first-order chi connectivity index (χ1) is 18.4. The summed E-state index contributed by atoms with van der Waals surface area (Å²) in [5, 5.41) is 11.8. The number of benzene rings is 2. The molecule has 6 rings (SSSR count). The summed E-state index contributed by atoms with van der Waals surface area (Å²) >= 11 is 7.16. The molecule has 2 aliphatic carbocycles. The van der Waals surface area contributed by atoms with Crippen molar-refractivity contribution >= 4 is 70.8 Å². The highest BCUT2D eigenvalue weighted by atomic mass is 79.9. The van der Waals surface area contributed by atoms with Crippen molar-refractivity contribution in [1.29, 1.82) is 0 Å². The molecule has 2 aromatic carbocycles. The Kier molecular flexibility index (Phi) is 8.04. The Hall–Kier alpha value is -2.91. The maximum Gasteiger partial charge on any atom is 0.188 e. The van der Waals surface area contributed by atoms with Crippen LogP contribution in [0.2, 0.25) is 0 Å².